The van der Waals surface area contributed by atoms with Crippen LogP contribution in [0.3, 0.4) is 0 Å². The number of benzene rings is 1. The monoisotopic (exact) mass is 235 g/mol. The van der Waals surface area contributed by atoms with Gasteiger partial charge in [-0.2, -0.15) is 0 Å². The number of hydrogen-bond acceptors (Lipinski definition) is 2. The number of rotatable bonds is 3. The zero-order valence-electron chi connectivity index (χ0n) is 7.51. The molecule has 6 heteroatoms. The van der Waals surface area contributed by atoms with Crippen molar-refractivity contribution >= 4 is 17.6 Å². The second-order valence-electron chi connectivity index (χ2n) is 2.98. The molecule has 82 valence electrons. The Morgan fingerprint density at radius 1 is 1.53 bits per heavy atom. The van der Waals surface area contributed by atoms with E-state index >= 15 is 0 Å². The summed E-state index contributed by atoms with van der Waals surface area (Å²) in [6, 6.07) is 0.904. The molecule has 0 aliphatic heterocycles. The van der Waals surface area contributed by atoms with E-state index in [4.69, 9.17) is 22.4 Å². The van der Waals surface area contributed by atoms with Gasteiger partial charge in [-0.3, -0.25) is 4.79 Å². The van der Waals surface area contributed by atoms with Gasteiger partial charge in [0.15, 0.2) is 11.6 Å². The zero-order valence-corrected chi connectivity index (χ0v) is 8.26. The molecule has 0 aliphatic carbocycles. The first-order valence-corrected chi connectivity index (χ1v) is 4.42. The summed E-state index contributed by atoms with van der Waals surface area (Å²) in [5.74, 6) is -3.49. The van der Waals surface area contributed by atoms with Crippen LogP contribution in [0.4, 0.5) is 8.78 Å². The summed E-state index contributed by atoms with van der Waals surface area (Å²) in [6.45, 7) is 0. The summed E-state index contributed by atoms with van der Waals surface area (Å²) in [4.78, 5) is 10.4. The molecule has 1 unspecified atom stereocenters. The average Bonchev–Trinajstić information content (AvgIpc) is 2.18. The lowest BCUT2D eigenvalue weighted by Crippen LogP contribution is -2.32. The van der Waals surface area contributed by atoms with E-state index in [0.717, 1.165) is 6.07 Å². The minimum Gasteiger partial charge on any atom is -0.480 e. The van der Waals surface area contributed by atoms with Gasteiger partial charge in [-0.25, -0.2) is 8.78 Å². The third-order valence-corrected chi connectivity index (χ3v) is 2.28. The fourth-order valence-corrected chi connectivity index (χ4v) is 1.28. The molecule has 3 nitrogen and oxygen atoms in total. The molecule has 0 amide bonds. The highest BCUT2D eigenvalue weighted by Crippen LogP contribution is 2.23. The molecule has 0 radical (unpaired) electrons. The van der Waals surface area contributed by atoms with Crippen LogP contribution in [0.2, 0.25) is 5.02 Å². The van der Waals surface area contributed by atoms with Gasteiger partial charge in [0, 0.05) is 0 Å². The summed E-state index contributed by atoms with van der Waals surface area (Å²) in [5.41, 5.74) is 5.40. The Morgan fingerprint density at radius 3 is 2.67 bits per heavy atom. The van der Waals surface area contributed by atoms with Crippen molar-refractivity contribution in [2.24, 2.45) is 5.73 Å². The lowest BCUT2D eigenvalue weighted by Gasteiger charge is -2.08. The summed E-state index contributed by atoms with van der Waals surface area (Å²) >= 11 is 5.48. The van der Waals surface area contributed by atoms with Gasteiger partial charge < -0.3 is 10.8 Å². The first-order chi connectivity index (χ1) is 6.93. The fraction of sp³-hybridized carbons (Fsp3) is 0.222. The molecule has 1 atom stereocenters. The lowest BCUT2D eigenvalue weighted by molar-refractivity contribution is -0.138. The summed E-state index contributed by atoms with van der Waals surface area (Å²) in [5, 5.41) is 8.10. The summed E-state index contributed by atoms with van der Waals surface area (Å²) < 4.78 is 25.6. The number of carboxylic acid groups (broad SMARTS) is 1. The van der Waals surface area contributed by atoms with E-state index in [1.54, 1.807) is 0 Å². The lowest BCUT2D eigenvalue weighted by atomic mass is 10.1. The molecule has 3 N–H and O–H groups in total. The topological polar surface area (TPSA) is 63.3 Å². The van der Waals surface area contributed by atoms with E-state index in [2.05, 4.69) is 0 Å². The molecule has 1 rings (SSSR count). The highest BCUT2D eigenvalue weighted by Gasteiger charge is 2.17. The Balaban J connectivity index is 2.97. The molecule has 0 saturated heterocycles. The van der Waals surface area contributed by atoms with Gasteiger partial charge in [0.25, 0.3) is 0 Å². The SMILES string of the molecule is NC(Cc1ccc(F)c(F)c1Cl)C(=O)O. The maximum Gasteiger partial charge on any atom is 0.320 e. The fourth-order valence-electron chi connectivity index (χ4n) is 1.05. The molecule has 0 aliphatic rings. The van der Waals surface area contributed by atoms with Gasteiger partial charge in [0.05, 0.1) is 5.02 Å². The highest BCUT2D eigenvalue weighted by atomic mass is 35.5. The van der Waals surface area contributed by atoms with E-state index in [1.807, 2.05) is 0 Å². The van der Waals surface area contributed by atoms with Gasteiger partial charge >= 0.3 is 5.97 Å². The number of carboxylic acids is 1. The number of carbonyl (C=O) groups is 1. The molecule has 0 aromatic heterocycles. The Morgan fingerprint density at radius 2 is 2.13 bits per heavy atom. The van der Waals surface area contributed by atoms with Gasteiger partial charge in [0.1, 0.15) is 6.04 Å². The molecule has 0 heterocycles. The van der Waals surface area contributed by atoms with E-state index in [-0.39, 0.29) is 12.0 Å². The molecule has 0 fully saturated rings. The van der Waals surface area contributed by atoms with Crippen LogP contribution < -0.4 is 5.73 Å². The minimum atomic E-state index is -1.23. The number of nitrogens with two attached hydrogens (primary N) is 1. The molecule has 1 aromatic carbocycles. The van der Waals surface area contributed by atoms with Crippen LogP contribution in [0.1, 0.15) is 5.56 Å². The van der Waals surface area contributed by atoms with Gasteiger partial charge in [-0.15, -0.1) is 0 Å². The maximum absolute atomic E-state index is 12.9. The predicted octanol–water partition coefficient (Wildman–Crippen LogP) is 1.57. The minimum absolute atomic E-state index is 0.147. The smallest absolute Gasteiger partial charge is 0.320 e. The van der Waals surface area contributed by atoms with Crippen LogP contribution >= 0.6 is 11.6 Å². The molecular weight excluding hydrogens is 228 g/mol. The van der Waals surface area contributed by atoms with E-state index in [0.29, 0.717) is 0 Å². The largest absolute Gasteiger partial charge is 0.480 e. The summed E-state index contributed by atoms with van der Waals surface area (Å²) in [6.07, 6.45) is -0.147. The van der Waals surface area contributed by atoms with E-state index < -0.39 is 28.7 Å². The number of hydrogen-bond donors (Lipinski definition) is 2. The van der Waals surface area contributed by atoms with Crippen LogP contribution in [0, 0.1) is 11.6 Å². The van der Waals surface area contributed by atoms with Crippen molar-refractivity contribution in [2.45, 2.75) is 12.5 Å². The summed E-state index contributed by atoms with van der Waals surface area (Å²) in [7, 11) is 0. The molecular formula is C9H8ClF2NO2. The molecule has 0 spiro atoms. The second kappa shape index (κ2) is 4.55. The average molecular weight is 236 g/mol. The normalized spacial score (nSPS) is 12.5. The van der Waals surface area contributed by atoms with Crippen LogP contribution in [0.5, 0.6) is 0 Å². The first kappa shape index (κ1) is 11.9. The van der Waals surface area contributed by atoms with Crippen LogP contribution in [0.25, 0.3) is 0 Å². The maximum atomic E-state index is 12.9. The quantitative estimate of drug-likeness (QED) is 0.782. The van der Waals surface area contributed by atoms with Crippen molar-refractivity contribution < 1.29 is 18.7 Å². The Hall–Kier alpha value is -1.20. The Bertz CT molecular complexity index is 398. The Labute approximate surface area is 89.5 Å². The van der Waals surface area contributed by atoms with Crippen molar-refractivity contribution in [3.05, 3.63) is 34.4 Å². The highest BCUT2D eigenvalue weighted by molar-refractivity contribution is 6.31. The predicted molar refractivity (Wildman–Crippen MR) is 50.7 cm³/mol. The molecule has 1 aromatic rings. The van der Waals surface area contributed by atoms with Crippen molar-refractivity contribution in [1.82, 2.24) is 0 Å². The number of halogens is 3. The second-order valence-corrected chi connectivity index (χ2v) is 3.36. The first-order valence-electron chi connectivity index (χ1n) is 4.04. The van der Waals surface area contributed by atoms with Gasteiger partial charge in [-0.05, 0) is 18.1 Å². The molecule has 15 heavy (non-hydrogen) atoms. The molecule has 0 saturated carbocycles. The van der Waals surface area contributed by atoms with Crippen molar-refractivity contribution in [2.75, 3.05) is 0 Å². The van der Waals surface area contributed by atoms with Gasteiger partial charge in [0.2, 0.25) is 0 Å². The van der Waals surface area contributed by atoms with Crippen LogP contribution in [-0.4, -0.2) is 17.1 Å². The van der Waals surface area contributed by atoms with Crippen molar-refractivity contribution in [1.29, 1.82) is 0 Å². The third-order valence-electron chi connectivity index (χ3n) is 1.87. The standard InChI is InChI=1S/C9H8ClF2NO2/c10-7-4(3-6(13)9(14)15)1-2-5(11)8(7)12/h1-2,6H,3,13H2,(H,14,15). The van der Waals surface area contributed by atoms with Crippen molar-refractivity contribution in [3.63, 3.8) is 0 Å². The van der Waals surface area contributed by atoms with Crippen LogP contribution in [-0.2, 0) is 11.2 Å². The zero-order chi connectivity index (χ0) is 11.6. The van der Waals surface area contributed by atoms with E-state index in [1.165, 1.54) is 6.07 Å². The van der Waals surface area contributed by atoms with Crippen molar-refractivity contribution in [3.8, 4) is 0 Å². The third kappa shape index (κ3) is 2.64. The van der Waals surface area contributed by atoms with Gasteiger partial charge in [-0.1, -0.05) is 17.7 Å². The van der Waals surface area contributed by atoms with E-state index in [9.17, 15) is 13.6 Å². The molecule has 0 bridgehead atoms. The Kier molecular flexibility index (Phi) is 3.60. The van der Waals surface area contributed by atoms with Crippen LogP contribution in [0.15, 0.2) is 12.1 Å². The number of aliphatic carboxylic acids is 1.